The number of carboxylic acid groups (broad SMARTS) is 1. The number of carboxylic acids is 1. The fourth-order valence-corrected chi connectivity index (χ4v) is 3.17. The van der Waals surface area contributed by atoms with E-state index in [1.807, 2.05) is 0 Å². The van der Waals surface area contributed by atoms with Crippen LogP contribution in [0.1, 0.15) is 31.7 Å². The van der Waals surface area contributed by atoms with Crippen molar-refractivity contribution in [3.8, 4) is 0 Å². The number of imidazole rings is 2. The maximum atomic E-state index is 13.1. The number of nitrogens with zero attached hydrogens (tertiary/aromatic N) is 2. The first-order chi connectivity index (χ1) is 17.0. The minimum absolute atomic E-state index is 0.0841. The normalized spacial score (nSPS) is 14.3. The molecule has 36 heavy (non-hydrogen) atoms. The second-order valence-electron chi connectivity index (χ2n) is 8.52. The molecule has 4 amide bonds. The smallest absolute Gasteiger partial charge is 0.326 e. The summed E-state index contributed by atoms with van der Waals surface area (Å²) in [5.74, 6) is -4.78. The van der Waals surface area contributed by atoms with E-state index in [4.69, 9.17) is 11.5 Å². The largest absolute Gasteiger partial charge is 0.480 e. The number of nitrogens with one attached hydrogen (secondary N) is 5. The molecule has 4 unspecified atom stereocenters. The van der Waals surface area contributed by atoms with Crippen molar-refractivity contribution in [2.24, 2.45) is 17.4 Å². The van der Waals surface area contributed by atoms with Crippen LogP contribution in [-0.2, 0) is 36.8 Å². The summed E-state index contributed by atoms with van der Waals surface area (Å²) in [7, 11) is 0. The summed E-state index contributed by atoms with van der Waals surface area (Å²) >= 11 is 0. The van der Waals surface area contributed by atoms with Crippen LogP contribution < -0.4 is 27.4 Å². The van der Waals surface area contributed by atoms with Gasteiger partial charge in [-0.05, 0) is 5.92 Å². The van der Waals surface area contributed by atoms with Crippen LogP contribution in [0.25, 0.3) is 0 Å². The zero-order valence-corrected chi connectivity index (χ0v) is 19.9. The molecule has 2 aromatic heterocycles. The lowest BCUT2D eigenvalue weighted by Crippen LogP contribution is -2.58. The van der Waals surface area contributed by atoms with Gasteiger partial charge in [0, 0.05) is 36.6 Å². The summed E-state index contributed by atoms with van der Waals surface area (Å²) in [6.45, 7) is 3.42. The highest BCUT2D eigenvalue weighted by Crippen LogP contribution is 2.05. The molecule has 0 saturated heterocycles. The van der Waals surface area contributed by atoms with Crippen molar-refractivity contribution in [1.29, 1.82) is 0 Å². The number of amides is 4. The first-order valence-electron chi connectivity index (χ1n) is 11.1. The van der Waals surface area contributed by atoms with E-state index in [9.17, 15) is 29.1 Å². The maximum absolute atomic E-state index is 13.1. The molecule has 0 aromatic carbocycles. The molecule has 2 aromatic rings. The molecule has 15 nitrogen and oxygen atoms in total. The minimum Gasteiger partial charge on any atom is -0.480 e. The number of H-pyrrole nitrogens is 2. The lowest BCUT2D eigenvalue weighted by atomic mass is 10.0. The molecular formula is C21H31N9O6. The summed E-state index contributed by atoms with van der Waals surface area (Å²) in [5, 5.41) is 16.8. The number of aromatic amines is 2. The summed E-state index contributed by atoms with van der Waals surface area (Å²) in [4.78, 5) is 75.0. The Bertz CT molecular complexity index is 1040. The van der Waals surface area contributed by atoms with E-state index in [0.29, 0.717) is 11.4 Å². The fraction of sp³-hybridized carbons (Fsp3) is 0.476. The van der Waals surface area contributed by atoms with E-state index in [1.54, 1.807) is 13.8 Å². The molecule has 0 spiro atoms. The van der Waals surface area contributed by atoms with Crippen LogP contribution in [-0.4, -0.2) is 78.8 Å². The van der Waals surface area contributed by atoms with E-state index >= 15 is 0 Å². The molecule has 0 fully saturated rings. The third-order valence-electron chi connectivity index (χ3n) is 5.26. The number of hydrogen-bond donors (Lipinski definition) is 8. The molecule has 196 valence electrons. The van der Waals surface area contributed by atoms with Crippen LogP contribution in [0.15, 0.2) is 25.0 Å². The number of aromatic nitrogens is 4. The zero-order chi connectivity index (χ0) is 26.8. The maximum Gasteiger partial charge on any atom is 0.326 e. The molecule has 2 heterocycles. The monoisotopic (exact) mass is 505 g/mol. The highest BCUT2D eigenvalue weighted by molar-refractivity contribution is 5.96. The van der Waals surface area contributed by atoms with Crippen LogP contribution in [0.2, 0.25) is 0 Å². The molecule has 0 aliphatic carbocycles. The van der Waals surface area contributed by atoms with Gasteiger partial charge in [-0.1, -0.05) is 13.8 Å². The van der Waals surface area contributed by atoms with E-state index in [1.165, 1.54) is 25.0 Å². The number of primary amides is 1. The third kappa shape index (κ3) is 8.50. The van der Waals surface area contributed by atoms with Gasteiger partial charge in [-0.15, -0.1) is 0 Å². The summed E-state index contributed by atoms with van der Waals surface area (Å²) in [5.41, 5.74) is 12.0. The molecule has 10 N–H and O–H groups in total. The van der Waals surface area contributed by atoms with Gasteiger partial charge in [0.15, 0.2) is 0 Å². The lowest BCUT2D eigenvalue weighted by Gasteiger charge is -2.25. The van der Waals surface area contributed by atoms with Crippen LogP contribution in [0.5, 0.6) is 0 Å². The van der Waals surface area contributed by atoms with Gasteiger partial charge in [0.1, 0.15) is 18.1 Å². The molecule has 0 saturated carbocycles. The van der Waals surface area contributed by atoms with Gasteiger partial charge in [-0.2, -0.15) is 0 Å². The van der Waals surface area contributed by atoms with Gasteiger partial charge in [-0.25, -0.2) is 14.8 Å². The van der Waals surface area contributed by atoms with Crippen molar-refractivity contribution >= 4 is 29.6 Å². The topological polar surface area (TPSA) is 251 Å². The van der Waals surface area contributed by atoms with E-state index in [-0.39, 0.29) is 18.8 Å². The fourth-order valence-electron chi connectivity index (χ4n) is 3.17. The Morgan fingerprint density at radius 3 is 1.78 bits per heavy atom. The van der Waals surface area contributed by atoms with Crippen molar-refractivity contribution < 1.29 is 29.1 Å². The van der Waals surface area contributed by atoms with Gasteiger partial charge in [0.25, 0.3) is 0 Å². The second-order valence-corrected chi connectivity index (χ2v) is 8.52. The molecule has 15 heteroatoms. The average molecular weight is 506 g/mol. The Kier molecular flexibility index (Phi) is 10.1. The van der Waals surface area contributed by atoms with E-state index in [0.717, 1.165) is 0 Å². The Balaban J connectivity index is 2.21. The van der Waals surface area contributed by atoms with E-state index < -0.39 is 60.2 Å². The number of nitrogens with two attached hydrogens (primary N) is 2. The van der Waals surface area contributed by atoms with Crippen molar-refractivity contribution in [3.63, 3.8) is 0 Å². The Morgan fingerprint density at radius 2 is 1.33 bits per heavy atom. The predicted molar refractivity (Wildman–Crippen MR) is 125 cm³/mol. The highest BCUT2D eigenvalue weighted by Gasteiger charge is 2.32. The number of carbonyl (C=O) groups is 5. The number of rotatable bonds is 14. The molecule has 2 rings (SSSR count). The SMILES string of the molecule is CC(C)C(N)C(=O)NC(CC(N)=O)C(=O)NC(Cc1cnc[nH]1)C(=O)NC(Cc1cnc[nH]1)C(=O)O. The van der Waals surface area contributed by atoms with Gasteiger partial charge in [0.05, 0.1) is 25.1 Å². The lowest BCUT2D eigenvalue weighted by molar-refractivity contribution is -0.142. The Hall–Kier alpha value is -4.27. The molecule has 0 aliphatic heterocycles. The molecule has 0 radical (unpaired) electrons. The predicted octanol–water partition coefficient (Wildman–Crippen LogP) is -2.68. The van der Waals surface area contributed by atoms with Crippen LogP contribution >= 0.6 is 0 Å². The molecule has 0 aliphatic rings. The van der Waals surface area contributed by atoms with Crippen molar-refractivity contribution in [2.75, 3.05) is 0 Å². The summed E-state index contributed by atoms with van der Waals surface area (Å²) in [6, 6.07) is -4.97. The highest BCUT2D eigenvalue weighted by atomic mass is 16.4. The second kappa shape index (κ2) is 13.0. The standard InChI is InChI=1S/C21H31N9O6/c1-10(2)17(23)20(34)29-14(5-16(22)31)19(33)28-13(3-11-6-24-8-26-11)18(32)30-15(21(35)36)4-12-7-25-9-27-12/h6-10,13-15,17H,3-5,23H2,1-2H3,(H2,22,31)(H,24,26)(H,25,27)(H,28,33)(H,29,34)(H,30,32)(H,35,36). The molecule has 4 atom stereocenters. The van der Waals surface area contributed by atoms with Crippen LogP contribution in [0.3, 0.4) is 0 Å². The summed E-state index contributed by atoms with van der Waals surface area (Å²) < 4.78 is 0. The number of hydrogen-bond acceptors (Lipinski definition) is 8. The zero-order valence-electron chi connectivity index (χ0n) is 19.9. The van der Waals surface area contributed by atoms with Gasteiger partial charge >= 0.3 is 5.97 Å². The Labute approximate surface area is 206 Å². The van der Waals surface area contributed by atoms with Crippen LogP contribution in [0.4, 0.5) is 0 Å². The van der Waals surface area contributed by atoms with Gasteiger partial charge in [-0.3, -0.25) is 19.2 Å². The van der Waals surface area contributed by atoms with E-state index in [2.05, 4.69) is 35.9 Å². The van der Waals surface area contributed by atoms with Gasteiger partial charge in [0.2, 0.25) is 23.6 Å². The first kappa shape index (κ1) is 28.0. The van der Waals surface area contributed by atoms with Crippen LogP contribution in [0, 0.1) is 5.92 Å². The molecule has 0 bridgehead atoms. The van der Waals surface area contributed by atoms with Crippen molar-refractivity contribution in [3.05, 3.63) is 36.4 Å². The number of aliphatic carboxylic acids is 1. The van der Waals surface area contributed by atoms with Crippen molar-refractivity contribution in [1.82, 2.24) is 35.9 Å². The quantitative estimate of drug-likeness (QED) is 0.133. The third-order valence-corrected chi connectivity index (χ3v) is 5.26. The Morgan fingerprint density at radius 1 is 0.861 bits per heavy atom. The number of carbonyl (C=O) groups excluding carboxylic acids is 4. The van der Waals surface area contributed by atoms with Crippen molar-refractivity contribution in [2.45, 2.75) is 57.3 Å². The van der Waals surface area contributed by atoms with Gasteiger partial charge < -0.3 is 42.5 Å². The first-order valence-corrected chi connectivity index (χ1v) is 11.1. The molecular weight excluding hydrogens is 474 g/mol. The average Bonchev–Trinajstić information content (AvgIpc) is 3.50. The minimum atomic E-state index is -1.41. The summed E-state index contributed by atoms with van der Waals surface area (Å²) in [6.07, 6.45) is 4.87.